The summed E-state index contributed by atoms with van der Waals surface area (Å²) >= 11 is 0. The minimum absolute atomic E-state index is 0.0897. The molecule has 4 N–H and O–H groups in total. The minimum atomic E-state index is -0.332. The summed E-state index contributed by atoms with van der Waals surface area (Å²) in [6, 6.07) is 13.4. The van der Waals surface area contributed by atoms with Crippen molar-refractivity contribution in [3.8, 4) is 22.9 Å². The summed E-state index contributed by atoms with van der Waals surface area (Å²) in [6.45, 7) is 10.2. The molecule has 0 atom stereocenters. The van der Waals surface area contributed by atoms with Crippen molar-refractivity contribution in [3.63, 3.8) is 0 Å². The van der Waals surface area contributed by atoms with Gasteiger partial charge in [0.25, 0.3) is 5.91 Å². The molecule has 0 radical (unpaired) electrons. The van der Waals surface area contributed by atoms with E-state index in [1.54, 1.807) is 12.3 Å². The summed E-state index contributed by atoms with van der Waals surface area (Å²) in [6.07, 6.45) is 5.31. The second-order valence-corrected chi connectivity index (χ2v) is 11.2. The average Bonchev–Trinajstić information content (AvgIpc) is 2.94. The monoisotopic (exact) mass is 559 g/mol. The predicted octanol–water partition coefficient (Wildman–Crippen LogP) is 4.37. The van der Waals surface area contributed by atoms with Gasteiger partial charge >= 0.3 is 0 Å². The van der Waals surface area contributed by atoms with E-state index in [0.29, 0.717) is 29.7 Å². The van der Waals surface area contributed by atoms with Crippen LogP contribution in [0.4, 0.5) is 5.82 Å². The maximum atomic E-state index is 12.2. The molecular formula is C31H41N7O3. The van der Waals surface area contributed by atoms with Crippen LogP contribution >= 0.6 is 0 Å². The molecule has 0 saturated carbocycles. The van der Waals surface area contributed by atoms with Gasteiger partial charge in [-0.05, 0) is 91.0 Å². The Morgan fingerprint density at radius 2 is 1.88 bits per heavy atom. The lowest BCUT2D eigenvalue weighted by atomic mass is 10.1. The van der Waals surface area contributed by atoms with Crippen LogP contribution in [0.2, 0.25) is 0 Å². The van der Waals surface area contributed by atoms with Crippen LogP contribution in [0.15, 0.2) is 59.4 Å². The highest BCUT2D eigenvalue weighted by Crippen LogP contribution is 2.30. The number of nitrogens with zero attached hydrogens (tertiary/aromatic N) is 4. The third kappa shape index (κ3) is 8.65. The lowest BCUT2D eigenvalue weighted by molar-refractivity contribution is -0.124. The number of carbonyl (C=O) groups excluding carboxylic acids is 1. The number of fused-ring (bicyclic) bond motifs is 1. The molecule has 2 heterocycles. The number of nitrogens with two attached hydrogens (primary N) is 1. The van der Waals surface area contributed by atoms with Crippen molar-refractivity contribution < 1.29 is 14.3 Å². The number of hydrogen-bond acceptors (Lipinski definition) is 9. The molecule has 1 amide bonds. The Balaban J connectivity index is 1.62. The lowest BCUT2D eigenvalue weighted by Crippen LogP contribution is -2.43. The topological polar surface area (TPSA) is 127 Å². The van der Waals surface area contributed by atoms with E-state index in [1.807, 2.05) is 64.1 Å². The number of rotatable bonds is 10. The molecular weight excluding hydrogens is 518 g/mol. The van der Waals surface area contributed by atoms with E-state index in [4.69, 9.17) is 30.2 Å². The zero-order valence-corrected chi connectivity index (χ0v) is 24.6. The van der Waals surface area contributed by atoms with Gasteiger partial charge in [0.15, 0.2) is 12.4 Å². The molecule has 0 spiro atoms. The highest BCUT2D eigenvalue weighted by atomic mass is 16.5. The van der Waals surface area contributed by atoms with Gasteiger partial charge in [-0.15, -0.1) is 0 Å². The first-order valence-corrected chi connectivity index (χ1v) is 14.0. The first-order chi connectivity index (χ1) is 19.6. The molecule has 3 aromatic rings. The first kappa shape index (κ1) is 29.8. The Morgan fingerprint density at radius 1 is 1.12 bits per heavy atom. The van der Waals surface area contributed by atoms with Crippen molar-refractivity contribution >= 4 is 28.8 Å². The highest BCUT2D eigenvalue weighted by molar-refractivity contribution is 5.95. The zero-order chi connectivity index (χ0) is 29.4. The summed E-state index contributed by atoms with van der Waals surface area (Å²) in [4.78, 5) is 29.0. The number of carbonyl (C=O) groups is 1. The predicted molar refractivity (Wildman–Crippen MR) is 164 cm³/mol. The number of allylic oxidation sites excluding steroid dienone is 1. The van der Waals surface area contributed by atoms with E-state index in [2.05, 4.69) is 22.6 Å². The summed E-state index contributed by atoms with van der Waals surface area (Å²) in [5.41, 5.74) is 7.79. The molecule has 1 fully saturated rings. The Labute approximate surface area is 242 Å². The third-order valence-electron chi connectivity index (χ3n) is 6.51. The second-order valence-electron chi connectivity index (χ2n) is 11.2. The fourth-order valence-electron chi connectivity index (χ4n) is 4.50. The molecule has 0 aliphatic carbocycles. The number of aromatic nitrogens is 2. The van der Waals surface area contributed by atoms with Gasteiger partial charge < -0.3 is 30.7 Å². The van der Waals surface area contributed by atoms with Crippen molar-refractivity contribution in [1.29, 1.82) is 0 Å². The van der Waals surface area contributed by atoms with Crippen LogP contribution in [0.3, 0.4) is 0 Å². The van der Waals surface area contributed by atoms with Gasteiger partial charge in [-0.2, -0.15) is 0 Å². The van der Waals surface area contributed by atoms with Crippen molar-refractivity contribution in [2.75, 3.05) is 38.7 Å². The Kier molecular flexibility index (Phi) is 9.78. The van der Waals surface area contributed by atoms with Crippen LogP contribution in [0.25, 0.3) is 22.3 Å². The van der Waals surface area contributed by atoms with Crippen LogP contribution in [-0.2, 0) is 4.79 Å². The fourth-order valence-corrected chi connectivity index (χ4v) is 4.50. The summed E-state index contributed by atoms with van der Waals surface area (Å²) < 4.78 is 11.5. The number of piperidine rings is 1. The van der Waals surface area contributed by atoms with E-state index in [1.165, 1.54) is 6.20 Å². The van der Waals surface area contributed by atoms with Crippen LogP contribution in [0.5, 0.6) is 11.5 Å². The zero-order valence-electron chi connectivity index (χ0n) is 24.6. The Hall–Kier alpha value is -4.18. The van der Waals surface area contributed by atoms with Crippen LogP contribution in [-0.4, -0.2) is 71.9 Å². The molecule has 2 aromatic carbocycles. The summed E-state index contributed by atoms with van der Waals surface area (Å²) in [5.74, 6) is 2.15. The normalized spacial score (nSPS) is 15.3. The molecule has 4 rings (SSSR count). The Bertz CT molecular complexity index is 1410. The first-order valence-electron chi connectivity index (χ1n) is 14.0. The molecule has 41 heavy (non-hydrogen) atoms. The number of aliphatic imine (C=N–C) groups is 1. The quantitative estimate of drug-likeness (QED) is 0.313. The lowest BCUT2D eigenvalue weighted by Gasteiger charge is -2.26. The average molecular weight is 560 g/mol. The van der Waals surface area contributed by atoms with Gasteiger partial charge in [-0.1, -0.05) is 12.1 Å². The Morgan fingerprint density at radius 3 is 2.59 bits per heavy atom. The van der Waals surface area contributed by atoms with E-state index in [-0.39, 0.29) is 24.1 Å². The van der Waals surface area contributed by atoms with Gasteiger partial charge in [0.05, 0.1) is 23.9 Å². The van der Waals surface area contributed by atoms with Crippen molar-refractivity contribution in [3.05, 3.63) is 54.4 Å². The van der Waals surface area contributed by atoms with Crippen molar-refractivity contribution in [2.45, 2.75) is 52.1 Å². The van der Waals surface area contributed by atoms with E-state index in [0.717, 1.165) is 48.1 Å². The standard InChI is InChI=1S/C31H41N7O3/c1-6-40-25-10-11-27-26(17-25)30(34-23(18-32)19-33-22-12-14-38(5)15-13-22)36-29(35-27)21-8-7-9-24(16-21)41-20-28(39)37-31(2,3)4/h7-11,16-19,22H,6,12-15,20,32H2,1-5H3,(H,37,39)(H,34,35,36)/b23-18+,33-19?. The van der Waals surface area contributed by atoms with Gasteiger partial charge in [0, 0.05) is 28.9 Å². The van der Waals surface area contributed by atoms with Crippen LogP contribution in [0.1, 0.15) is 40.5 Å². The molecule has 0 unspecified atom stereocenters. The molecule has 1 aliphatic heterocycles. The van der Waals surface area contributed by atoms with Crippen LogP contribution in [0, 0.1) is 0 Å². The summed E-state index contributed by atoms with van der Waals surface area (Å²) in [5, 5.41) is 7.05. The number of ether oxygens (including phenoxy) is 2. The molecule has 218 valence electrons. The maximum absolute atomic E-state index is 12.2. The molecule has 1 saturated heterocycles. The molecule has 1 aliphatic rings. The molecule has 1 aromatic heterocycles. The number of likely N-dealkylation sites (tertiary alicyclic amines) is 1. The third-order valence-corrected chi connectivity index (χ3v) is 6.51. The molecule has 10 heteroatoms. The van der Waals surface area contributed by atoms with Gasteiger partial charge in [0.2, 0.25) is 0 Å². The fraction of sp³-hybridized carbons (Fsp3) is 0.419. The number of anilines is 1. The highest BCUT2D eigenvalue weighted by Gasteiger charge is 2.17. The molecule has 0 bridgehead atoms. The number of benzene rings is 2. The largest absolute Gasteiger partial charge is 0.494 e. The van der Waals surface area contributed by atoms with Gasteiger partial charge in [-0.3, -0.25) is 9.79 Å². The smallest absolute Gasteiger partial charge is 0.258 e. The SMILES string of the molecule is CCOc1ccc2nc(-c3cccc(OCC(=O)NC(C)(C)C)c3)nc(N/C(C=NC3CCN(C)CC3)=C/N)c2c1. The minimum Gasteiger partial charge on any atom is -0.494 e. The summed E-state index contributed by atoms with van der Waals surface area (Å²) in [7, 11) is 2.13. The van der Waals surface area contributed by atoms with Gasteiger partial charge in [-0.25, -0.2) is 9.97 Å². The van der Waals surface area contributed by atoms with Crippen molar-refractivity contribution in [2.24, 2.45) is 10.7 Å². The molecule has 10 nitrogen and oxygen atoms in total. The van der Waals surface area contributed by atoms with Crippen molar-refractivity contribution in [1.82, 2.24) is 20.2 Å². The van der Waals surface area contributed by atoms with E-state index >= 15 is 0 Å². The van der Waals surface area contributed by atoms with Crippen LogP contribution < -0.4 is 25.8 Å². The maximum Gasteiger partial charge on any atom is 0.258 e. The van der Waals surface area contributed by atoms with Gasteiger partial charge in [0.1, 0.15) is 17.3 Å². The van der Waals surface area contributed by atoms with E-state index in [9.17, 15) is 4.79 Å². The number of hydrogen-bond donors (Lipinski definition) is 3. The number of nitrogens with one attached hydrogen (secondary N) is 2. The number of amides is 1. The van der Waals surface area contributed by atoms with E-state index < -0.39 is 0 Å². The second kappa shape index (κ2) is 13.5.